The number of rotatable bonds is 4. The van der Waals surface area contributed by atoms with Gasteiger partial charge >= 0.3 is 0 Å². The number of hydrogen-bond acceptors (Lipinski definition) is 3. The lowest BCUT2D eigenvalue weighted by atomic mass is 9.82. The van der Waals surface area contributed by atoms with Crippen LogP contribution in [0.15, 0.2) is 24.3 Å². The molecule has 0 bridgehead atoms. The molecule has 1 N–H and O–H groups in total. The van der Waals surface area contributed by atoms with E-state index in [1.54, 1.807) is 0 Å². The van der Waals surface area contributed by atoms with Gasteiger partial charge in [-0.3, -0.25) is 4.79 Å². The fraction of sp³-hybridized carbons (Fsp3) is 0.611. The third-order valence-corrected chi connectivity index (χ3v) is 4.74. The number of carbonyl (C=O) groups excluding carboxylic acids is 1. The first-order valence-corrected chi connectivity index (χ1v) is 8.38. The number of carbonyl (C=O) groups is 1. The fourth-order valence-electron chi connectivity index (χ4n) is 3.62. The topological polar surface area (TPSA) is 47.6 Å². The maximum Gasteiger partial charge on any atom is 0.251 e. The van der Waals surface area contributed by atoms with Crippen molar-refractivity contribution in [2.75, 3.05) is 13.2 Å². The molecule has 1 spiro atoms. The quantitative estimate of drug-likeness (QED) is 0.928. The molecule has 3 rings (SSSR count). The summed E-state index contributed by atoms with van der Waals surface area (Å²) in [5.74, 6) is 0.772. The summed E-state index contributed by atoms with van der Waals surface area (Å²) in [4.78, 5) is 12.3. The normalized spacial score (nSPS) is 23.4. The molecule has 1 unspecified atom stereocenters. The molecule has 1 aromatic rings. The highest BCUT2D eigenvalue weighted by Gasteiger charge is 2.41. The van der Waals surface area contributed by atoms with Crippen molar-refractivity contribution in [3.8, 4) is 5.75 Å². The monoisotopic (exact) mass is 303 g/mol. The van der Waals surface area contributed by atoms with Crippen LogP contribution in [0, 0.1) is 0 Å². The van der Waals surface area contributed by atoms with Crippen molar-refractivity contribution in [1.82, 2.24) is 5.32 Å². The molecule has 1 aromatic carbocycles. The van der Waals surface area contributed by atoms with Crippen LogP contribution in [-0.4, -0.2) is 30.8 Å². The molecule has 1 saturated carbocycles. The van der Waals surface area contributed by atoms with Crippen LogP contribution in [0.25, 0.3) is 0 Å². The second kappa shape index (κ2) is 6.69. The SMILES string of the molecule is CCOc1ccc(C(=O)NC2COC3(CCCCC3)C2)cc1. The van der Waals surface area contributed by atoms with Crippen LogP contribution in [0.1, 0.15) is 55.8 Å². The summed E-state index contributed by atoms with van der Waals surface area (Å²) in [6.07, 6.45) is 7.05. The zero-order valence-electron chi connectivity index (χ0n) is 13.3. The lowest BCUT2D eigenvalue weighted by Crippen LogP contribution is -2.37. The third kappa shape index (κ3) is 3.43. The van der Waals surface area contributed by atoms with E-state index in [0.717, 1.165) is 25.0 Å². The zero-order valence-corrected chi connectivity index (χ0v) is 13.3. The molecule has 4 nitrogen and oxygen atoms in total. The largest absolute Gasteiger partial charge is 0.494 e. The van der Waals surface area contributed by atoms with Crippen molar-refractivity contribution >= 4 is 5.91 Å². The number of hydrogen-bond donors (Lipinski definition) is 1. The van der Waals surface area contributed by atoms with Crippen molar-refractivity contribution in [2.45, 2.75) is 57.1 Å². The van der Waals surface area contributed by atoms with Crippen LogP contribution in [0.4, 0.5) is 0 Å². The molecule has 0 aromatic heterocycles. The van der Waals surface area contributed by atoms with Crippen LogP contribution >= 0.6 is 0 Å². The van der Waals surface area contributed by atoms with E-state index in [1.165, 1.54) is 19.3 Å². The highest BCUT2D eigenvalue weighted by Crippen LogP contribution is 2.39. The van der Waals surface area contributed by atoms with Crippen molar-refractivity contribution in [3.05, 3.63) is 29.8 Å². The van der Waals surface area contributed by atoms with Crippen molar-refractivity contribution < 1.29 is 14.3 Å². The first-order valence-electron chi connectivity index (χ1n) is 8.38. The minimum absolute atomic E-state index is 0.0236. The molecule has 1 heterocycles. The maximum atomic E-state index is 12.3. The molecule has 2 fully saturated rings. The van der Waals surface area contributed by atoms with Gasteiger partial charge in [-0.1, -0.05) is 19.3 Å². The van der Waals surface area contributed by atoms with E-state index in [0.29, 0.717) is 18.8 Å². The second-order valence-corrected chi connectivity index (χ2v) is 6.39. The molecule has 1 saturated heterocycles. The summed E-state index contributed by atoms with van der Waals surface area (Å²) in [5.41, 5.74) is 0.711. The molecule has 1 aliphatic carbocycles. The van der Waals surface area contributed by atoms with Crippen LogP contribution in [0.3, 0.4) is 0 Å². The Kier molecular flexibility index (Phi) is 4.67. The predicted octanol–water partition coefficient (Wildman–Crippen LogP) is 3.31. The predicted molar refractivity (Wildman–Crippen MR) is 85.3 cm³/mol. The van der Waals surface area contributed by atoms with E-state index < -0.39 is 0 Å². The van der Waals surface area contributed by atoms with Gasteiger partial charge in [0.1, 0.15) is 5.75 Å². The van der Waals surface area contributed by atoms with Gasteiger partial charge in [-0.05, 0) is 50.5 Å². The minimum Gasteiger partial charge on any atom is -0.494 e. The Labute approximate surface area is 132 Å². The van der Waals surface area contributed by atoms with Gasteiger partial charge in [-0.2, -0.15) is 0 Å². The second-order valence-electron chi connectivity index (χ2n) is 6.39. The molecule has 0 radical (unpaired) electrons. The Hall–Kier alpha value is -1.55. The van der Waals surface area contributed by atoms with Gasteiger partial charge in [0.2, 0.25) is 0 Å². The van der Waals surface area contributed by atoms with Gasteiger partial charge in [0, 0.05) is 5.56 Å². The Balaban J connectivity index is 1.55. The summed E-state index contributed by atoms with van der Waals surface area (Å²) in [5, 5.41) is 3.11. The van der Waals surface area contributed by atoms with Gasteiger partial charge in [-0.25, -0.2) is 0 Å². The molecule has 120 valence electrons. The standard InChI is InChI=1S/C18H25NO3/c1-2-21-16-8-6-14(7-9-16)17(20)19-15-12-18(22-13-15)10-4-3-5-11-18/h6-9,15H,2-5,10-13H2,1H3,(H,19,20). The van der Waals surface area contributed by atoms with E-state index in [1.807, 2.05) is 31.2 Å². The average molecular weight is 303 g/mol. The number of benzene rings is 1. The van der Waals surface area contributed by atoms with Crippen LogP contribution in [-0.2, 0) is 4.74 Å². The van der Waals surface area contributed by atoms with Crippen molar-refractivity contribution in [1.29, 1.82) is 0 Å². The lowest BCUT2D eigenvalue weighted by molar-refractivity contribution is -0.0246. The summed E-state index contributed by atoms with van der Waals surface area (Å²) in [7, 11) is 0. The summed E-state index contributed by atoms with van der Waals surface area (Å²) < 4.78 is 11.4. The molecule has 1 aliphatic heterocycles. The van der Waals surface area contributed by atoms with Crippen LogP contribution in [0.2, 0.25) is 0 Å². The van der Waals surface area contributed by atoms with Crippen molar-refractivity contribution in [3.63, 3.8) is 0 Å². The minimum atomic E-state index is -0.0236. The maximum absolute atomic E-state index is 12.3. The van der Waals surface area contributed by atoms with Gasteiger partial charge in [-0.15, -0.1) is 0 Å². The average Bonchev–Trinajstić information content (AvgIpc) is 2.91. The van der Waals surface area contributed by atoms with Gasteiger partial charge in [0.15, 0.2) is 0 Å². The molecule has 2 aliphatic rings. The number of ether oxygens (including phenoxy) is 2. The first kappa shape index (κ1) is 15.3. The third-order valence-electron chi connectivity index (χ3n) is 4.74. The Bertz CT molecular complexity index is 506. The van der Waals surface area contributed by atoms with E-state index in [9.17, 15) is 4.79 Å². The molecule has 22 heavy (non-hydrogen) atoms. The number of nitrogens with one attached hydrogen (secondary N) is 1. The fourth-order valence-corrected chi connectivity index (χ4v) is 3.62. The first-order chi connectivity index (χ1) is 10.7. The number of amides is 1. The Morgan fingerprint density at radius 3 is 2.68 bits per heavy atom. The van der Waals surface area contributed by atoms with E-state index in [4.69, 9.17) is 9.47 Å². The summed E-state index contributed by atoms with van der Waals surface area (Å²) in [6.45, 7) is 3.22. The van der Waals surface area contributed by atoms with Crippen LogP contribution in [0.5, 0.6) is 5.75 Å². The van der Waals surface area contributed by atoms with Gasteiger partial charge < -0.3 is 14.8 Å². The molecular weight excluding hydrogens is 278 g/mol. The Morgan fingerprint density at radius 2 is 2.00 bits per heavy atom. The summed E-state index contributed by atoms with van der Waals surface area (Å²) in [6, 6.07) is 7.44. The van der Waals surface area contributed by atoms with E-state index in [2.05, 4.69) is 5.32 Å². The Morgan fingerprint density at radius 1 is 1.27 bits per heavy atom. The van der Waals surface area contributed by atoms with Gasteiger partial charge in [0.05, 0.1) is 24.9 Å². The smallest absolute Gasteiger partial charge is 0.251 e. The molecule has 1 amide bonds. The molecular formula is C18H25NO3. The van der Waals surface area contributed by atoms with E-state index >= 15 is 0 Å². The highest BCUT2D eigenvalue weighted by atomic mass is 16.5. The van der Waals surface area contributed by atoms with Gasteiger partial charge in [0.25, 0.3) is 5.91 Å². The lowest BCUT2D eigenvalue weighted by Gasteiger charge is -2.32. The van der Waals surface area contributed by atoms with Crippen molar-refractivity contribution in [2.24, 2.45) is 0 Å². The summed E-state index contributed by atoms with van der Waals surface area (Å²) >= 11 is 0. The van der Waals surface area contributed by atoms with E-state index in [-0.39, 0.29) is 17.6 Å². The van der Waals surface area contributed by atoms with Crippen LogP contribution < -0.4 is 10.1 Å². The highest BCUT2D eigenvalue weighted by molar-refractivity contribution is 5.94. The molecule has 4 heteroatoms. The zero-order chi connectivity index (χ0) is 15.4. The molecule has 1 atom stereocenters.